The molecule has 0 aliphatic rings. The molecule has 1 nitrogen and oxygen atoms in total. The van der Waals surface area contributed by atoms with Gasteiger partial charge >= 0.3 is 0 Å². The molecule has 0 amide bonds. The Balaban J connectivity index is 2.89. The molecule has 1 rings (SSSR count). The highest BCUT2D eigenvalue weighted by atomic mass is 79.9. The second-order valence-corrected chi connectivity index (χ2v) is 3.38. The van der Waals surface area contributed by atoms with Crippen LogP contribution in [-0.2, 0) is 0 Å². The third-order valence-electron chi connectivity index (χ3n) is 1.54. The van der Waals surface area contributed by atoms with Crippen molar-refractivity contribution < 1.29 is 8.78 Å². The molecule has 1 aromatic rings. The zero-order valence-corrected chi connectivity index (χ0v) is 9.08. The highest BCUT2D eigenvalue weighted by molar-refractivity contribution is 9.10. The summed E-state index contributed by atoms with van der Waals surface area (Å²) < 4.78 is 26.2. The summed E-state index contributed by atoms with van der Waals surface area (Å²) in [5.41, 5.74) is 0.231. The van der Waals surface area contributed by atoms with E-state index in [2.05, 4.69) is 33.1 Å². The molecule has 1 aromatic carbocycles. The average molecular weight is 260 g/mol. The van der Waals surface area contributed by atoms with Gasteiger partial charge < -0.3 is 5.32 Å². The van der Waals surface area contributed by atoms with Crippen molar-refractivity contribution in [3.05, 3.63) is 28.2 Å². The summed E-state index contributed by atoms with van der Waals surface area (Å²) >= 11 is 3.06. The third-order valence-corrected chi connectivity index (χ3v) is 2.16. The number of nitrogens with one attached hydrogen (secondary N) is 1. The van der Waals surface area contributed by atoms with E-state index < -0.39 is 11.6 Å². The molecule has 0 fully saturated rings. The molecule has 1 N–H and O–H groups in total. The molecule has 0 aliphatic carbocycles. The Labute approximate surface area is 89.6 Å². The van der Waals surface area contributed by atoms with Gasteiger partial charge in [-0.1, -0.05) is 5.92 Å². The molecule has 0 aliphatic heterocycles. The second-order valence-electron chi connectivity index (χ2n) is 2.52. The molecule has 0 saturated heterocycles. The van der Waals surface area contributed by atoms with E-state index in [1.165, 1.54) is 6.07 Å². The maximum atomic E-state index is 13.2. The molecule has 0 radical (unpaired) electrons. The average Bonchev–Trinajstić information content (AvgIpc) is 2.09. The Morgan fingerprint density at radius 3 is 2.71 bits per heavy atom. The maximum absolute atomic E-state index is 13.2. The fourth-order valence-corrected chi connectivity index (χ4v) is 1.48. The van der Waals surface area contributed by atoms with Crippen LogP contribution >= 0.6 is 15.9 Å². The minimum Gasteiger partial charge on any atom is -0.371 e. The number of hydrogen-bond acceptors (Lipinski definition) is 1. The van der Waals surface area contributed by atoms with Gasteiger partial charge in [-0.15, -0.1) is 5.92 Å². The smallest absolute Gasteiger partial charge is 0.150 e. The van der Waals surface area contributed by atoms with Crippen molar-refractivity contribution in [2.45, 2.75) is 6.92 Å². The van der Waals surface area contributed by atoms with Gasteiger partial charge in [0.2, 0.25) is 0 Å². The molecule has 0 unspecified atom stereocenters. The van der Waals surface area contributed by atoms with Gasteiger partial charge in [-0.2, -0.15) is 0 Å². The van der Waals surface area contributed by atoms with E-state index in [1.807, 2.05) is 0 Å². The van der Waals surface area contributed by atoms with Crippen molar-refractivity contribution in [1.82, 2.24) is 0 Å². The summed E-state index contributed by atoms with van der Waals surface area (Å²) in [5.74, 6) is 4.15. The predicted molar refractivity (Wildman–Crippen MR) is 56.0 cm³/mol. The molecule has 0 saturated carbocycles. The molecular formula is C10H8BrF2N. The van der Waals surface area contributed by atoms with Crippen LogP contribution in [0, 0.1) is 23.5 Å². The molecule has 14 heavy (non-hydrogen) atoms. The van der Waals surface area contributed by atoms with Crippen molar-refractivity contribution in [2.24, 2.45) is 0 Å². The lowest BCUT2D eigenvalue weighted by Crippen LogP contribution is -2.02. The summed E-state index contributed by atoms with van der Waals surface area (Å²) in [6.07, 6.45) is 0. The van der Waals surface area contributed by atoms with Crippen LogP contribution in [0.25, 0.3) is 0 Å². The third kappa shape index (κ3) is 2.71. The minimum absolute atomic E-state index is 0.231. The minimum atomic E-state index is -0.630. The Hall–Kier alpha value is -1.08. The molecule has 4 heteroatoms. The fourth-order valence-electron chi connectivity index (χ4n) is 0.932. The van der Waals surface area contributed by atoms with Crippen molar-refractivity contribution in [3.63, 3.8) is 0 Å². The number of anilines is 1. The van der Waals surface area contributed by atoms with Gasteiger partial charge in [-0.25, -0.2) is 8.78 Å². The SMILES string of the molecule is CC#CCNc1c(F)cc(F)cc1Br. The zero-order valence-electron chi connectivity index (χ0n) is 7.50. The van der Waals surface area contributed by atoms with E-state index in [-0.39, 0.29) is 5.69 Å². The van der Waals surface area contributed by atoms with Crippen LogP contribution < -0.4 is 5.32 Å². The van der Waals surface area contributed by atoms with Gasteiger partial charge in [0.25, 0.3) is 0 Å². The standard InChI is InChI=1S/C10H8BrF2N/c1-2-3-4-14-10-8(11)5-7(12)6-9(10)13/h5-6,14H,4H2,1H3. The molecule has 0 bridgehead atoms. The quantitative estimate of drug-likeness (QED) is 0.805. The first kappa shape index (κ1) is 11.0. The highest BCUT2D eigenvalue weighted by Crippen LogP contribution is 2.26. The number of benzene rings is 1. The largest absolute Gasteiger partial charge is 0.371 e. The van der Waals surface area contributed by atoms with E-state index in [9.17, 15) is 8.78 Å². The Morgan fingerprint density at radius 2 is 2.14 bits per heavy atom. The van der Waals surface area contributed by atoms with Crippen molar-refractivity contribution >= 4 is 21.6 Å². The normalized spacial score (nSPS) is 9.14. The number of rotatable bonds is 2. The first-order chi connectivity index (χ1) is 6.65. The van der Waals surface area contributed by atoms with Crippen molar-refractivity contribution in [2.75, 3.05) is 11.9 Å². The monoisotopic (exact) mass is 259 g/mol. The Kier molecular flexibility index (Phi) is 3.90. The Morgan fingerprint density at radius 1 is 1.43 bits per heavy atom. The lowest BCUT2D eigenvalue weighted by atomic mass is 10.3. The van der Waals surface area contributed by atoms with Gasteiger partial charge in [0.15, 0.2) is 0 Å². The topological polar surface area (TPSA) is 12.0 Å². The molecule has 0 spiro atoms. The van der Waals surface area contributed by atoms with Gasteiger partial charge in [0.05, 0.1) is 12.2 Å². The van der Waals surface area contributed by atoms with Crippen LogP contribution in [0.4, 0.5) is 14.5 Å². The molecule has 74 valence electrons. The van der Waals surface area contributed by atoms with E-state index in [0.717, 1.165) is 6.07 Å². The Bertz CT molecular complexity index is 370. The maximum Gasteiger partial charge on any atom is 0.150 e. The fraction of sp³-hybridized carbons (Fsp3) is 0.200. The molecular weight excluding hydrogens is 252 g/mol. The molecule has 0 atom stereocenters. The lowest BCUT2D eigenvalue weighted by molar-refractivity contribution is 0.584. The summed E-state index contributed by atoms with van der Waals surface area (Å²) in [4.78, 5) is 0. The van der Waals surface area contributed by atoms with E-state index in [0.29, 0.717) is 11.0 Å². The number of hydrogen-bond donors (Lipinski definition) is 1. The first-order valence-electron chi connectivity index (χ1n) is 3.93. The summed E-state index contributed by atoms with van der Waals surface area (Å²) in [5, 5.41) is 2.75. The summed E-state index contributed by atoms with van der Waals surface area (Å²) in [6.45, 7) is 2.02. The van der Waals surface area contributed by atoms with E-state index >= 15 is 0 Å². The van der Waals surface area contributed by atoms with Crippen molar-refractivity contribution in [3.8, 4) is 11.8 Å². The van der Waals surface area contributed by atoms with Gasteiger partial charge in [0.1, 0.15) is 11.6 Å². The zero-order chi connectivity index (χ0) is 10.6. The summed E-state index contributed by atoms with van der Waals surface area (Å²) in [7, 11) is 0. The van der Waals surface area contributed by atoms with Crippen LogP contribution in [0.3, 0.4) is 0 Å². The van der Waals surface area contributed by atoms with Crippen molar-refractivity contribution in [1.29, 1.82) is 0 Å². The van der Waals surface area contributed by atoms with E-state index in [1.54, 1.807) is 6.92 Å². The van der Waals surface area contributed by atoms with Crippen LogP contribution in [0.15, 0.2) is 16.6 Å². The number of halogens is 3. The lowest BCUT2D eigenvalue weighted by Gasteiger charge is -2.06. The predicted octanol–water partition coefficient (Wildman–Crippen LogP) is 3.16. The van der Waals surface area contributed by atoms with Gasteiger partial charge in [0, 0.05) is 10.5 Å². The van der Waals surface area contributed by atoms with Gasteiger partial charge in [-0.05, 0) is 28.9 Å². The first-order valence-corrected chi connectivity index (χ1v) is 4.72. The van der Waals surface area contributed by atoms with E-state index in [4.69, 9.17) is 0 Å². The highest BCUT2D eigenvalue weighted by Gasteiger charge is 2.07. The summed E-state index contributed by atoms with van der Waals surface area (Å²) in [6, 6.07) is 2.03. The van der Waals surface area contributed by atoms with Crippen LogP contribution in [-0.4, -0.2) is 6.54 Å². The van der Waals surface area contributed by atoms with Crippen LogP contribution in [0.5, 0.6) is 0 Å². The second kappa shape index (κ2) is 4.97. The van der Waals surface area contributed by atoms with Gasteiger partial charge in [-0.3, -0.25) is 0 Å². The van der Waals surface area contributed by atoms with Crippen LogP contribution in [0.1, 0.15) is 6.92 Å². The molecule has 0 aromatic heterocycles. The van der Waals surface area contributed by atoms with Crippen LogP contribution in [0.2, 0.25) is 0 Å². The molecule has 0 heterocycles.